The summed E-state index contributed by atoms with van der Waals surface area (Å²) in [5, 5.41) is 2.59. The Morgan fingerprint density at radius 2 is 1.57 bits per heavy atom. The molecular weight excluding hydrogens is 284 g/mol. The fourth-order valence-corrected chi connectivity index (χ4v) is 3.27. The number of fused-ring (bicyclic) bond motifs is 1. The number of benzene rings is 2. The lowest BCUT2D eigenvalue weighted by atomic mass is 10.1. The molecule has 2 N–H and O–H groups in total. The predicted molar refractivity (Wildman–Crippen MR) is 97.0 cm³/mol. The summed E-state index contributed by atoms with van der Waals surface area (Å²) in [5.41, 5.74) is 9.19. The van der Waals surface area contributed by atoms with Crippen molar-refractivity contribution in [1.29, 1.82) is 0 Å². The minimum Gasteiger partial charge on any atom is -0.396 e. The molecule has 23 heavy (non-hydrogen) atoms. The van der Waals surface area contributed by atoms with Gasteiger partial charge >= 0.3 is 0 Å². The molecule has 116 valence electrons. The van der Waals surface area contributed by atoms with Crippen LogP contribution < -0.4 is 15.5 Å². The quantitative estimate of drug-likeness (QED) is 0.790. The minimum atomic E-state index is 0.756. The summed E-state index contributed by atoms with van der Waals surface area (Å²) in [7, 11) is 0. The van der Waals surface area contributed by atoms with Gasteiger partial charge in [0.1, 0.15) is 0 Å². The van der Waals surface area contributed by atoms with Crippen LogP contribution in [-0.2, 0) is 0 Å². The first-order valence-electron chi connectivity index (χ1n) is 7.99. The molecule has 1 fully saturated rings. The number of hydrogen-bond acceptors (Lipinski definition) is 4. The van der Waals surface area contributed by atoms with Gasteiger partial charge in [0.15, 0.2) is 0 Å². The van der Waals surface area contributed by atoms with Crippen LogP contribution >= 0.6 is 0 Å². The van der Waals surface area contributed by atoms with Crippen LogP contribution in [0.5, 0.6) is 0 Å². The average Bonchev–Trinajstić information content (AvgIpc) is 2.62. The highest BCUT2D eigenvalue weighted by Crippen LogP contribution is 2.26. The highest BCUT2D eigenvalue weighted by atomic mass is 15.3. The summed E-state index contributed by atoms with van der Waals surface area (Å²) in [6, 6.07) is 17.2. The van der Waals surface area contributed by atoms with E-state index in [0.717, 1.165) is 37.6 Å². The van der Waals surface area contributed by atoms with Gasteiger partial charge in [0.25, 0.3) is 0 Å². The minimum absolute atomic E-state index is 0.756. The molecule has 0 atom stereocenters. The van der Waals surface area contributed by atoms with E-state index in [1.54, 1.807) is 12.4 Å². The van der Waals surface area contributed by atoms with Crippen LogP contribution in [0, 0.1) is 0 Å². The molecule has 0 radical (unpaired) electrons. The summed E-state index contributed by atoms with van der Waals surface area (Å²) in [5.74, 6) is 0. The zero-order valence-corrected chi connectivity index (χ0v) is 13.0. The molecule has 0 aliphatic carbocycles. The topological polar surface area (TPSA) is 45.4 Å². The number of pyridine rings is 1. The normalized spacial score (nSPS) is 15.1. The standard InChI is InChI=1S/C19H20N4/c20-18-14-21-8-7-19(18)23-11-9-22(10-12-23)17-6-5-15-3-1-2-4-16(15)13-17/h1-8,13-14H,9-12,20H2. The zero-order valence-electron chi connectivity index (χ0n) is 13.0. The monoisotopic (exact) mass is 304 g/mol. The van der Waals surface area contributed by atoms with Gasteiger partial charge in [-0.1, -0.05) is 30.3 Å². The second-order valence-electron chi connectivity index (χ2n) is 5.94. The lowest BCUT2D eigenvalue weighted by Crippen LogP contribution is -2.46. The van der Waals surface area contributed by atoms with Gasteiger partial charge in [-0.3, -0.25) is 4.98 Å². The maximum absolute atomic E-state index is 6.04. The number of anilines is 3. The van der Waals surface area contributed by atoms with Crippen molar-refractivity contribution in [2.75, 3.05) is 41.7 Å². The summed E-state index contributed by atoms with van der Waals surface area (Å²) < 4.78 is 0. The predicted octanol–water partition coefficient (Wildman–Crippen LogP) is 3.14. The molecule has 1 aromatic heterocycles. The largest absolute Gasteiger partial charge is 0.396 e. The van der Waals surface area contributed by atoms with E-state index in [1.807, 2.05) is 6.07 Å². The third kappa shape index (κ3) is 2.68. The zero-order chi connectivity index (χ0) is 15.6. The molecule has 0 saturated carbocycles. The highest BCUT2D eigenvalue weighted by molar-refractivity contribution is 5.86. The molecule has 2 aromatic carbocycles. The third-order valence-electron chi connectivity index (χ3n) is 4.55. The second kappa shape index (κ2) is 5.80. The van der Waals surface area contributed by atoms with Crippen molar-refractivity contribution in [1.82, 2.24) is 4.98 Å². The average molecular weight is 304 g/mol. The van der Waals surface area contributed by atoms with E-state index in [0.29, 0.717) is 0 Å². The van der Waals surface area contributed by atoms with Crippen molar-refractivity contribution in [2.24, 2.45) is 0 Å². The first-order valence-corrected chi connectivity index (χ1v) is 7.99. The summed E-state index contributed by atoms with van der Waals surface area (Å²) in [6.07, 6.45) is 3.53. The lowest BCUT2D eigenvalue weighted by Gasteiger charge is -2.37. The number of nitrogens with zero attached hydrogens (tertiary/aromatic N) is 3. The number of nitrogens with two attached hydrogens (primary N) is 1. The Morgan fingerprint density at radius 1 is 0.826 bits per heavy atom. The van der Waals surface area contributed by atoms with Crippen molar-refractivity contribution >= 4 is 27.8 Å². The number of rotatable bonds is 2. The van der Waals surface area contributed by atoms with Crippen LogP contribution in [0.2, 0.25) is 0 Å². The summed E-state index contributed by atoms with van der Waals surface area (Å²) >= 11 is 0. The van der Waals surface area contributed by atoms with Crippen molar-refractivity contribution in [3.05, 3.63) is 60.9 Å². The fourth-order valence-electron chi connectivity index (χ4n) is 3.27. The van der Waals surface area contributed by atoms with Crippen LogP contribution in [-0.4, -0.2) is 31.2 Å². The van der Waals surface area contributed by atoms with Crippen LogP contribution in [0.3, 0.4) is 0 Å². The molecule has 0 spiro atoms. The van der Waals surface area contributed by atoms with Crippen LogP contribution in [0.25, 0.3) is 10.8 Å². The van der Waals surface area contributed by atoms with Crippen LogP contribution in [0.4, 0.5) is 17.1 Å². The van der Waals surface area contributed by atoms with Crippen molar-refractivity contribution in [3.8, 4) is 0 Å². The van der Waals surface area contributed by atoms with Gasteiger partial charge in [-0.25, -0.2) is 0 Å². The van der Waals surface area contributed by atoms with Crippen LogP contribution in [0.1, 0.15) is 0 Å². The smallest absolute Gasteiger partial charge is 0.0738 e. The molecule has 0 bridgehead atoms. The Kier molecular flexibility index (Phi) is 3.50. The first kappa shape index (κ1) is 13.9. The molecule has 1 saturated heterocycles. The number of hydrogen-bond donors (Lipinski definition) is 1. The second-order valence-corrected chi connectivity index (χ2v) is 5.94. The molecule has 1 aliphatic rings. The molecule has 1 aliphatic heterocycles. The maximum Gasteiger partial charge on any atom is 0.0738 e. The van der Waals surface area contributed by atoms with Gasteiger partial charge in [-0.15, -0.1) is 0 Å². The van der Waals surface area contributed by atoms with Crippen LogP contribution in [0.15, 0.2) is 60.9 Å². The van der Waals surface area contributed by atoms with Gasteiger partial charge in [0, 0.05) is 38.1 Å². The van der Waals surface area contributed by atoms with Crippen molar-refractivity contribution < 1.29 is 0 Å². The Labute approximate surface area is 136 Å². The Morgan fingerprint density at radius 3 is 2.35 bits per heavy atom. The molecule has 4 heteroatoms. The van der Waals surface area contributed by atoms with Crippen molar-refractivity contribution in [3.63, 3.8) is 0 Å². The molecule has 4 nitrogen and oxygen atoms in total. The SMILES string of the molecule is Nc1cnccc1N1CCN(c2ccc3ccccc3c2)CC1. The van der Waals surface area contributed by atoms with E-state index in [-0.39, 0.29) is 0 Å². The lowest BCUT2D eigenvalue weighted by molar-refractivity contribution is 0.654. The first-order chi connectivity index (χ1) is 11.3. The fraction of sp³-hybridized carbons (Fsp3) is 0.211. The van der Waals surface area contributed by atoms with Gasteiger partial charge in [0.05, 0.1) is 17.6 Å². The molecular formula is C19H20N4. The van der Waals surface area contributed by atoms with E-state index >= 15 is 0 Å². The molecule has 4 rings (SSSR count). The van der Waals surface area contributed by atoms with Gasteiger partial charge in [-0.2, -0.15) is 0 Å². The highest BCUT2D eigenvalue weighted by Gasteiger charge is 2.19. The third-order valence-corrected chi connectivity index (χ3v) is 4.55. The Hall–Kier alpha value is -2.75. The maximum atomic E-state index is 6.04. The molecule has 3 aromatic rings. The van der Waals surface area contributed by atoms with E-state index in [4.69, 9.17) is 5.73 Å². The molecule has 0 amide bonds. The number of aromatic nitrogens is 1. The summed E-state index contributed by atoms with van der Waals surface area (Å²) in [6.45, 7) is 3.95. The number of nitrogen functional groups attached to an aromatic ring is 1. The van der Waals surface area contributed by atoms with E-state index < -0.39 is 0 Å². The Bertz CT molecular complexity index is 822. The van der Waals surface area contributed by atoms with E-state index in [2.05, 4.69) is 57.2 Å². The molecule has 0 unspecified atom stereocenters. The van der Waals surface area contributed by atoms with Crippen molar-refractivity contribution in [2.45, 2.75) is 0 Å². The van der Waals surface area contributed by atoms with Gasteiger partial charge < -0.3 is 15.5 Å². The Balaban J connectivity index is 1.51. The molecule has 2 heterocycles. The van der Waals surface area contributed by atoms with Gasteiger partial charge in [-0.05, 0) is 29.0 Å². The summed E-state index contributed by atoms with van der Waals surface area (Å²) in [4.78, 5) is 8.86. The van der Waals surface area contributed by atoms with E-state index in [1.165, 1.54) is 16.5 Å². The van der Waals surface area contributed by atoms with Gasteiger partial charge in [0.2, 0.25) is 0 Å². The number of piperazine rings is 1. The van der Waals surface area contributed by atoms with E-state index in [9.17, 15) is 0 Å².